The van der Waals surface area contributed by atoms with E-state index >= 15 is 0 Å². The number of ether oxygens (including phenoxy) is 1. The number of carbonyl (C=O) groups excluding carboxylic acids is 2. The molecule has 0 saturated carbocycles. The van der Waals surface area contributed by atoms with Gasteiger partial charge in [0.1, 0.15) is 5.60 Å². The number of carbonyl (C=O) groups is 2. The monoisotopic (exact) mass is 255 g/mol. The minimum Gasteiger partial charge on any atom is -0.460 e. The van der Waals surface area contributed by atoms with E-state index < -0.39 is 11.6 Å². The van der Waals surface area contributed by atoms with E-state index in [1.165, 1.54) is 5.06 Å². The molecule has 0 bridgehead atoms. The fraction of sp³-hybridized carbons (Fsp3) is 0.692. The summed E-state index contributed by atoms with van der Waals surface area (Å²) in [6, 6.07) is 0. The Balaban J connectivity index is 2.44. The van der Waals surface area contributed by atoms with E-state index in [4.69, 9.17) is 9.57 Å². The Labute approximate surface area is 108 Å². The molecule has 0 aromatic rings. The molecule has 0 aromatic heterocycles. The van der Waals surface area contributed by atoms with Gasteiger partial charge < -0.3 is 9.57 Å². The van der Waals surface area contributed by atoms with Crippen molar-refractivity contribution in [2.24, 2.45) is 5.92 Å². The van der Waals surface area contributed by atoms with Gasteiger partial charge in [0.15, 0.2) is 0 Å². The molecule has 1 rings (SSSR count). The van der Waals surface area contributed by atoms with Crippen molar-refractivity contribution in [3.05, 3.63) is 12.2 Å². The molecule has 1 unspecified atom stereocenters. The van der Waals surface area contributed by atoms with Crippen LogP contribution in [0.3, 0.4) is 0 Å². The Kier molecular flexibility index (Phi) is 4.51. The summed E-state index contributed by atoms with van der Waals surface area (Å²) in [6.07, 6.45) is 0.637. The summed E-state index contributed by atoms with van der Waals surface area (Å²) in [4.78, 5) is 28.2. The van der Waals surface area contributed by atoms with Gasteiger partial charge in [-0.2, -0.15) is 0 Å². The van der Waals surface area contributed by atoms with E-state index in [1.807, 2.05) is 20.8 Å². The van der Waals surface area contributed by atoms with Crippen LogP contribution >= 0.6 is 0 Å². The van der Waals surface area contributed by atoms with Crippen LogP contribution in [0.2, 0.25) is 0 Å². The van der Waals surface area contributed by atoms with Crippen LogP contribution in [0.1, 0.15) is 34.1 Å². The Morgan fingerprint density at radius 2 is 1.94 bits per heavy atom. The van der Waals surface area contributed by atoms with Gasteiger partial charge in [-0.25, -0.2) is 4.79 Å². The summed E-state index contributed by atoms with van der Waals surface area (Å²) in [6.45, 7) is 11.5. The second kappa shape index (κ2) is 5.52. The maximum atomic E-state index is 11.8. The number of esters is 1. The fourth-order valence-corrected chi connectivity index (χ4v) is 1.58. The largest absolute Gasteiger partial charge is 0.460 e. The van der Waals surface area contributed by atoms with Crippen LogP contribution in [0.15, 0.2) is 12.2 Å². The van der Waals surface area contributed by atoms with Crippen molar-refractivity contribution in [3.8, 4) is 0 Å². The van der Waals surface area contributed by atoms with Crippen molar-refractivity contribution >= 4 is 11.9 Å². The number of hydrogen-bond donors (Lipinski definition) is 0. The predicted molar refractivity (Wildman–Crippen MR) is 66.4 cm³/mol. The standard InChI is InChI=1S/C13H21NO4/c1-9(2)11(15)18-14-7-6-10(8-14)12(16)17-13(3,4)5/h10H,1,6-8H2,2-5H3. The van der Waals surface area contributed by atoms with Gasteiger partial charge in [0.25, 0.3) is 0 Å². The molecule has 1 aliphatic rings. The van der Waals surface area contributed by atoms with E-state index in [0.717, 1.165) is 0 Å². The van der Waals surface area contributed by atoms with E-state index in [1.54, 1.807) is 6.92 Å². The Bertz CT molecular complexity index is 356. The molecule has 18 heavy (non-hydrogen) atoms. The molecule has 1 fully saturated rings. The summed E-state index contributed by atoms with van der Waals surface area (Å²) >= 11 is 0. The van der Waals surface area contributed by atoms with Crippen molar-refractivity contribution < 1.29 is 19.2 Å². The fourth-order valence-electron chi connectivity index (χ4n) is 1.58. The number of hydroxylamine groups is 2. The summed E-state index contributed by atoms with van der Waals surface area (Å²) in [5.41, 5.74) is -0.144. The topological polar surface area (TPSA) is 55.8 Å². The normalized spacial score (nSPS) is 20.6. The highest BCUT2D eigenvalue weighted by molar-refractivity contribution is 5.86. The smallest absolute Gasteiger partial charge is 0.352 e. The predicted octanol–water partition coefficient (Wildman–Crippen LogP) is 1.68. The van der Waals surface area contributed by atoms with Gasteiger partial charge >= 0.3 is 11.9 Å². The molecule has 1 heterocycles. The first kappa shape index (κ1) is 14.7. The lowest BCUT2D eigenvalue weighted by atomic mass is 10.1. The lowest BCUT2D eigenvalue weighted by Crippen LogP contribution is -2.31. The van der Waals surface area contributed by atoms with Gasteiger partial charge in [0.2, 0.25) is 0 Å². The van der Waals surface area contributed by atoms with Crippen LogP contribution in [-0.2, 0) is 19.2 Å². The van der Waals surface area contributed by atoms with E-state index in [9.17, 15) is 9.59 Å². The summed E-state index contributed by atoms with van der Waals surface area (Å²) < 4.78 is 5.30. The zero-order valence-corrected chi connectivity index (χ0v) is 11.5. The highest BCUT2D eigenvalue weighted by Crippen LogP contribution is 2.21. The average molecular weight is 255 g/mol. The molecule has 0 N–H and O–H groups in total. The van der Waals surface area contributed by atoms with Crippen molar-refractivity contribution in [2.75, 3.05) is 13.1 Å². The lowest BCUT2D eigenvalue weighted by Gasteiger charge is -2.22. The number of hydrogen-bond acceptors (Lipinski definition) is 5. The van der Waals surface area contributed by atoms with Crippen LogP contribution in [0.5, 0.6) is 0 Å². The molecular formula is C13H21NO4. The van der Waals surface area contributed by atoms with Crippen molar-refractivity contribution in [1.82, 2.24) is 5.06 Å². The SMILES string of the molecule is C=C(C)C(=O)ON1CCC(C(=O)OC(C)(C)C)C1. The van der Waals surface area contributed by atoms with Crippen molar-refractivity contribution in [1.29, 1.82) is 0 Å². The molecular weight excluding hydrogens is 234 g/mol. The minimum absolute atomic E-state index is 0.234. The van der Waals surface area contributed by atoms with E-state index in [2.05, 4.69) is 6.58 Å². The Morgan fingerprint density at radius 1 is 1.33 bits per heavy atom. The third kappa shape index (κ3) is 4.49. The molecule has 1 saturated heterocycles. The molecule has 0 amide bonds. The van der Waals surface area contributed by atoms with Crippen LogP contribution in [0.25, 0.3) is 0 Å². The molecule has 0 aromatic carbocycles. The van der Waals surface area contributed by atoms with Gasteiger partial charge in [-0.15, -0.1) is 5.06 Å². The third-order valence-electron chi connectivity index (χ3n) is 2.45. The zero-order chi connectivity index (χ0) is 13.9. The molecule has 5 nitrogen and oxygen atoms in total. The first-order valence-electron chi connectivity index (χ1n) is 6.04. The average Bonchev–Trinajstić information content (AvgIpc) is 2.63. The number of nitrogens with zero attached hydrogens (tertiary/aromatic N) is 1. The van der Waals surface area contributed by atoms with Crippen molar-refractivity contribution in [2.45, 2.75) is 39.7 Å². The molecule has 102 valence electrons. The quantitative estimate of drug-likeness (QED) is 0.567. The minimum atomic E-state index is -0.487. The summed E-state index contributed by atoms with van der Waals surface area (Å²) in [5, 5.41) is 1.49. The Morgan fingerprint density at radius 3 is 2.44 bits per heavy atom. The maximum absolute atomic E-state index is 11.8. The maximum Gasteiger partial charge on any atom is 0.352 e. The molecule has 0 aliphatic carbocycles. The zero-order valence-electron chi connectivity index (χ0n) is 11.5. The van der Waals surface area contributed by atoms with Gasteiger partial charge in [-0.05, 0) is 34.1 Å². The highest BCUT2D eigenvalue weighted by atomic mass is 16.7. The first-order valence-corrected chi connectivity index (χ1v) is 6.04. The van der Waals surface area contributed by atoms with Crippen LogP contribution in [0, 0.1) is 5.92 Å². The van der Waals surface area contributed by atoms with E-state index in [-0.39, 0.29) is 11.9 Å². The van der Waals surface area contributed by atoms with Gasteiger partial charge in [-0.3, -0.25) is 4.79 Å². The van der Waals surface area contributed by atoms with Crippen LogP contribution in [-0.4, -0.2) is 35.7 Å². The van der Waals surface area contributed by atoms with Gasteiger partial charge in [0, 0.05) is 18.7 Å². The van der Waals surface area contributed by atoms with Crippen molar-refractivity contribution in [3.63, 3.8) is 0 Å². The van der Waals surface area contributed by atoms with Gasteiger partial charge in [0.05, 0.1) is 5.92 Å². The summed E-state index contributed by atoms with van der Waals surface area (Å²) in [5.74, 6) is -0.932. The second-order valence-corrected chi connectivity index (χ2v) is 5.57. The molecule has 5 heteroatoms. The molecule has 1 aliphatic heterocycles. The molecule has 0 radical (unpaired) electrons. The molecule has 0 spiro atoms. The highest BCUT2D eigenvalue weighted by Gasteiger charge is 2.33. The number of rotatable bonds is 3. The lowest BCUT2D eigenvalue weighted by molar-refractivity contribution is -0.183. The second-order valence-electron chi connectivity index (χ2n) is 5.57. The van der Waals surface area contributed by atoms with Gasteiger partial charge in [-0.1, -0.05) is 6.58 Å². The summed E-state index contributed by atoms with van der Waals surface area (Å²) in [7, 11) is 0. The van der Waals surface area contributed by atoms with Crippen LogP contribution < -0.4 is 0 Å². The first-order chi connectivity index (χ1) is 8.19. The van der Waals surface area contributed by atoms with Crippen LogP contribution in [0.4, 0.5) is 0 Å². The third-order valence-corrected chi connectivity index (χ3v) is 2.45. The molecule has 1 atom stereocenters. The Hall–Kier alpha value is -1.36. The van der Waals surface area contributed by atoms with E-state index in [0.29, 0.717) is 25.1 Å².